The molecule has 0 aliphatic rings. The van der Waals surface area contributed by atoms with E-state index < -0.39 is 46.2 Å². The number of halogens is 4. The van der Waals surface area contributed by atoms with Crippen molar-refractivity contribution in [3.05, 3.63) is 94.5 Å². The van der Waals surface area contributed by atoms with Gasteiger partial charge in [0.05, 0.1) is 16.1 Å². The monoisotopic (exact) mass is 637 g/mol. The Morgan fingerprint density at radius 1 is 0.977 bits per heavy atom. The number of anilines is 1. The van der Waals surface area contributed by atoms with Crippen molar-refractivity contribution < 1.29 is 31.2 Å². The van der Waals surface area contributed by atoms with Crippen molar-refractivity contribution in [2.75, 3.05) is 17.4 Å². The van der Waals surface area contributed by atoms with Crippen LogP contribution in [-0.4, -0.2) is 44.3 Å². The number of alkyl halides is 3. The Morgan fingerprint density at radius 3 is 2.21 bits per heavy atom. The minimum atomic E-state index is -4.75. The lowest BCUT2D eigenvalue weighted by Crippen LogP contribution is -2.52. The first kappa shape index (κ1) is 33.9. The van der Waals surface area contributed by atoms with E-state index in [2.05, 4.69) is 5.32 Å². The standard InChI is InChI=1S/C31H35ClF3N3O4S/c1-4-6-18-36-30(40)28(5-2)37(20-23-12-14-25(32)15-13-23)29(39)21-38(26-9-7-8-24(19-26)31(33,34)35)43(41,42)27-16-10-22(3)11-17-27/h7-17,19,28H,4-6,18,20-21H2,1-3H3,(H,36,40)/t28-/m0/s1. The minimum Gasteiger partial charge on any atom is -0.354 e. The Morgan fingerprint density at radius 2 is 1.63 bits per heavy atom. The molecule has 43 heavy (non-hydrogen) atoms. The summed E-state index contributed by atoms with van der Waals surface area (Å²) in [5.41, 5.74) is -0.00354. The summed E-state index contributed by atoms with van der Waals surface area (Å²) in [6, 6.07) is 15.2. The molecule has 232 valence electrons. The number of hydrogen-bond acceptors (Lipinski definition) is 4. The molecule has 0 unspecified atom stereocenters. The van der Waals surface area contributed by atoms with Crippen LogP contribution in [-0.2, 0) is 32.3 Å². The summed E-state index contributed by atoms with van der Waals surface area (Å²) >= 11 is 6.02. The molecule has 1 N–H and O–H groups in total. The van der Waals surface area contributed by atoms with Crippen LogP contribution in [0.3, 0.4) is 0 Å². The van der Waals surface area contributed by atoms with Gasteiger partial charge in [-0.2, -0.15) is 13.2 Å². The van der Waals surface area contributed by atoms with Crippen molar-refractivity contribution in [1.29, 1.82) is 0 Å². The van der Waals surface area contributed by atoms with E-state index in [4.69, 9.17) is 11.6 Å². The lowest BCUT2D eigenvalue weighted by atomic mass is 10.1. The number of sulfonamides is 1. The highest BCUT2D eigenvalue weighted by atomic mass is 35.5. The van der Waals surface area contributed by atoms with Crippen LogP contribution < -0.4 is 9.62 Å². The van der Waals surface area contributed by atoms with E-state index in [-0.39, 0.29) is 23.5 Å². The SMILES string of the molecule is CCCCNC(=O)[C@H](CC)N(Cc1ccc(Cl)cc1)C(=O)CN(c1cccc(C(F)(F)F)c1)S(=O)(=O)c1ccc(C)cc1. The molecule has 3 rings (SSSR count). The number of aryl methyl sites for hydroxylation is 1. The number of nitrogens with one attached hydrogen (secondary N) is 1. The minimum absolute atomic E-state index is 0.0588. The second kappa shape index (κ2) is 14.7. The number of rotatable bonds is 13. The molecule has 0 saturated carbocycles. The largest absolute Gasteiger partial charge is 0.416 e. The quantitative estimate of drug-likeness (QED) is 0.214. The van der Waals surface area contributed by atoms with Crippen molar-refractivity contribution in [1.82, 2.24) is 10.2 Å². The summed E-state index contributed by atoms with van der Waals surface area (Å²) in [4.78, 5) is 28.3. The van der Waals surface area contributed by atoms with Crippen molar-refractivity contribution in [3.63, 3.8) is 0 Å². The van der Waals surface area contributed by atoms with Gasteiger partial charge in [0, 0.05) is 18.1 Å². The number of amides is 2. The van der Waals surface area contributed by atoms with Gasteiger partial charge in [-0.1, -0.05) is 67.8 Å². The van der Waals surface area contributed by atoms with Gasteiger partial charge in [0.15, 0.2) is 0 Å². The van der Waals surface area contributed by atoms with Gasteiger partial charge in [-0.25, -0.2) is 8.42 Å². The summed E-state index contributed by atoms with van der Waals surface area (Å²) in [6.07, 6.45) is -2.96. The third-order valence-corrected chi connectivity index (χ3v) is 8.87. The van der Waals surface area contributed by atoms with Gasteiger partial charge in [0.25, 0.3) is 10.0 Å². The number of hydrogen-bond donors (Lipinski definition) is 1. The summed E-state index contributed by atoms with van der Waals surface area (Å²) in [5.74, 6) is -1.18. The molecule has 2 amide bonds. The smallest absolute Gasteiger partial charge is 0.354 e. The number of benzene rings is 3. The van der Waals surface area contributed by atoms with E-state index in [1.807, 2.05) is 6.92 Å². The van der Waals surface area contributed by atoms with Gasteiger partial charge in [0.1, 0.15) is 12.6 Å². The highest BCUT2D eigenvalue weighted by molar-refractivity contribution is 7.92. The van der Waals surface area contributed by atoms with Crippen LogP contribution in [0.1, 0.15) is 49.8 Å². The number of carbonyl (C=O) groups is 2. The molecule has 0 aliphatic heterocycles. The predicted octanol–water partition coefficient (Wildman–Crippen LogP) is 6.59. The van der Waals surface area contributed by atoms with Crippen LogP contribution in [0.4, 0.5) is 18.9 Å². The highest BCUT2D eigenvalue weighted by Gasteiger charge is 2.36. The van der Waals surface area contributed by atoms with Crippen LogP contribution >= 0.6 is 11.6 Å². The van der Waals surface area contributed by atoms with E-state index in [0.717, 1.165) is 30.5 Å². The molecule has 12 heteroatoms. The van der Waals surface area contributed by atoms with Gasteiger partial charge in [0.2, 0.25) is 11.8 Å². The summed E-state index contributed by atoms with van der Waals surface area (Å²) in [6.45, 7) is 4.94. The number of nitrogens with zero attached hydrogens (tertiary/aromatic N) is 2. The Labute approximate surface area is 255 Å². The third kappa shape index (κ3) is 8.96. The zero-order valence-electron chi connectivity index (χ0n) is 24.2. The fraction of sp³-hybridized carbons (Fsp3) is 0.355. The summed E-state index contributed by atoms with van der Waals surface area (Å²) in [5, 5.41) is 3.29. The summed E-state index contributed by atoms with van der Waals surface area (Å²) in [7, 11) is -4.51. The number of carbonyl (C=O) groups excluding carboxylic acids is 2. The molecule has 3 aromatic rings. The molecule has 0 fully saturated rings. The average molecular weight is 638 g/mol. The van der Waals surface area contributed by atoms with Gasteiger partial charge in [-0.05, 0) is 67.8 Å². The second-order valence-corrected chi connectivity index (χ2v) is 12.4. The lowest BCUT2D eigenvalue weighted by molar-refractivity contribution is -0.140. The lowest BCUT2D eigenvalue weighted by Gasteiger charge is -2.33. The van der Waals surface area contributed by atoms with E-state index in [1.165, 1.54) is 23.1 Å². The Kier molecular flexibility index (Phi) is 11.6. The van der Waals surface area contributed by atoms with Crippen molar-refractivity contribution in [3.8, 4) is 0 Å². The molecule has 3 aromatic carbocycles. The topological polar surface area (TPSA) is 86.8 Å². The maximum absolute atomic E-state index is 14.0. The number of unbranched alkanes of at least 4 members (excludes halogenated alkanes) is 1. The predicted molar refractivity (Wildman–Crippen MR) is 161 cm³/mol. The molecule has 0 radical (unpaired) electrons. The Balaban J connectivity index is 2.09. The molecular formula is C31H35ClF3N3O4S. The first-order valence-electron chi connectivity index (χ1n) is 13.9. The molecule has 0 bridgehead atoms. The fourth-order valence-electron chi connectivity index (χ4n) is 4.42. The van der Waals surface area contributed by atoms with Crippen LogP contribution in [0.2, 0.25) is 5.02 Å². The molecular weight excluding hydrogens is 603 g/mol. The molecule has 1 atom stereocenters. The van der Waals surface area contributed by atoms with Crippen LogP contribution in [0.5, 0.6) is 0 Å². The van der Waals surface area contributed by atoms with E-state index in [0.29, 0.717) is 27.5 Å². The van der Waals surface area contributed by atoms with E-state index in [9.17, 15) is 31.2 Å². The van der Waals surface area contributed by atoms with Crippen molar-refractivity contribution >= 4 is 39.1 Å². The third-order valence-electron chi connectivity index (χ3n) is 6.83. The molecule has 0 aliphatic carbocycles. The molecule has 0 saturated heterocycles. The maximum Gasteiger partial charge on any atom is 0.416 e. The molecule has 0 heterocycles. The first-order valence-corrected chi connectivity index (χ1v) is 15.7. The first-order chi connectivity index (χ1) is 20.3. The molecule has 0 spiro atoms. The fourth-order valence-corrected chi connectivity index (χ4v) is 5.95. The Bertz CT molecular complexity index is 1500. The van der Waals surface area contributed by atoms with Crippen molar-refractivity contribution in [2.45, 2.75) is 63.7 Å². The summed E-state index contributed by atoms with van der Waals surface area (Å²) < 4.78 is 69.3. The van der Waals surface area contributed by atoms with Crippen LogP contribution in [0, 0.1) is 6.92 Å². The zero-order chi connectivity index (χ0) is 31.8. The Hall–Kier alpha value is -3.57. The van der Waals surface area contributed by atoms with Gasteiger partial charge in [-0.3, -0.25) is 13.9 Å². The zero-order valence-corrected chi connectivity index (χ0v) is 25.8. The van der Waals surface area contributed by atoms with Crippen molar-refractivity contribution in [2.24, 2.45) is 0 Å². The molecule has 7 nitrogen and oxygen atoms in total. The van der Waals surface area contributed by atoms with Gasteiger partial charge >= 0.3 is 6.18 Å². The highest BCUT2D eigenvalue weighted by Crippen LogP contribution is 2.33. The van der Waals surface area contributed by atoms with Gasteiger partial charge in [-0.15, -0.1) is 0 Å². The van der Waals surface area contributed by atoms with Crippen LogP contribution in [0.15, 0.2) is 77.7 Å². The molecule has 0 aromatic heterocycles. The second-order valence-electron chi connectivity index (χ2n) is 10.1. The van der Waals surface area contributed by atoms with Gasteiger partial charge < -0.3 is 10.2 Å². The van der Waals surface area contributed by atoms with E-state index >= 15 is 0 Å². The average Bonchev–Trinajstić information content (AvgIpc) is 2.96. The normalized spacial score (nSPS) is 12.4. The van der Waals surface area contributed by atoms with Crippen LogP contribution in [0.25, 0.3) is 0 Å². The maximum atomic E-state index is 14.0. The van der Waals surface area contributed by atoms with E-state index in [1.54, 1.807) is 50.2 Å².